The molecule has 0 bridgehead atoms. The van der Waals surface area contributed by atoms with Crippen LogP contribution in [0, 0.1) is 11.8 Å². The van der Waals surface area contributed by atoms with Crippen molar-refractivity contribution < 1.29 is 34.8 Å². The van der Waals surface area contributed by atoms with Crippen LogP contribution in [0.25, 0.3) is 0 Å². The molecule has 0 fully saturated rings. The highest BCUT2D eigenvalue weighted by atomic mass is 16.4. The van der Waals surface area contributed by atoms with E-state index in [1.807, 2.05) is 18.7 Å². The van der Waals surface area contributed by atoms with Crippen molar-refractivity contribution >= 4 is 17.8 Å². The van der Waals surface area contributed by atoms with Crippen molar-refractivity contribution in [1.82, 2.24) is 4.90 Å². The van der Waals surface area contributed by atoms with Crippen LogP contribution in [-0.4, -0.2) is 75.0 Å². The third-order valence-electron chi connectivity index (χ3n) is 3.52. The molecule has 0 spiro atoms. The van der Waals surface area contributed by atoms with Crippen molar-refractivity contribution in [2.45, 2.75) is 52.7 Å². The summed E-state index contributed by atoms with van der Waals surface area (Å²) in [5.74, 6) is -2.33. The second kappa shape index (κ2) is 13.6. The molecule has 2 unspecified atom stereocenters. The van der Waals surface area contributed by atoms with Crippen LogP contribution in [0.4, 0.5) is 0 Å². The molecule has 3 atom stereocenters. The van der Waals surface area contributed by atoms with Gasteiger partial charge in [0.15, 0.2) is 12.2 Å². The van der Waals surface area contributed by atoms with E-state index in [-0.39, 0.29) is 5.91 Å². The van der Waals surface area contributed by atoms with Crippen molar-refractivity contribution in [1.29, 1.82) is 0 Å². The van der Waals surface area contributed by atoms with Gasteiger partial charge in [0.05, 0.1) is 0 Å². The smallest absolute Gasteiger partial charge is 0.335 e. The lowest BCUT2D eigenvalue weighted by atomic mass is 9.94. The fourth-order valence-electron chi connectivity index (χ4n) is 2.15. The Morgan fingerprint density at radius 1 is 0.960 bits per heavy atom. The number of carboxylic acids is 2. The van der Waals surface area contributed by atoms with E-state index in [4.69, 9.17) is 26.2 Å². The molecular formula is C16H32N2O7. The Balaban J connectivity index is 0. The molecule has 0 aliphatic carbocycles. The third-order valence-corrected chi connectivity index (χ3v) is 3.52. The number of hydrogen-bond acceptors (Lipinski definition) is 6. The van der Waals surface area contributed by atoms with E-state index in [1.54, 1.807) is 0 Å². The van der Waals surface area contributed by atoms with Gasteiger partial charge in [-0.25, -0.2) is 9.59 Å². The Morgan fingerprint density at radius 3 is 1.60 bits per heavy atom. The number of carboxylic acid groups (broad SMARTS) is 2. The monoisotopic (exact) mass is 364 g/mol. The molecule has 6 N–H and O–H groups in total. The Kier molecular flexibility index (Phi) is 13.9. The van der Waals surface area contributed by atoms with Gasteiger partial charge in [-0.15, -0.1) is 0 Å². The fourth-order valence-corrected chi connectivity index (χ4v) is 2.15. The Morgan fingerprint density at radius 2 is 1.36 bits per heavy atom. The van der Waals surface area contributed by atoms with E-state index < -0.39 is 24.1 Å². The average molecular weight is 364 g/mol. The van der Waals surface area contributed by atoms with E-state index in [0.29, 0.717) is 24.8 Å². The van der Waals surface area contributed by atoms with Gasteiger partial charge in [0.1, 0.15) is 0 Å². The zero-order chi connectivity index (χ0) is 20.2. The number of carbonyl (C=O) groups excluding carboxylic acids is 1. The van der Waals surface area contributed by atoms with Crippen LogP contribution in [0.2, 0.25) is 0 Å². The van der Waals surface area contributed by atoms with E-state index in [1.165, 1.54) is 0 Å². The number of aliphatic hydroxyl groups excluding tert-OH is 2. The van der Waals surface area contributed by atoms with E-state index in [9.17, 15) is 14.4 Å². The van der Waals surface area contributed by atoms with Crippen LogP contribution >= 0.6 is 0 Å². The first kappa shape index (κ1) is 25.5. The molecular weight excluding hydrogens is 332 g/mol. The number of rotatable bonds is 10. The highest BCUT2D eigenvalue weighted by Gasteiger charge is 2.29. The molecule has 148 valence electrons. The van der Waals surface area contributed by atoms with Crippen LogP contribution in [0.15, 0.2) is 0 Å². The summed E-state index contributed by atoms with van der Waals surface area (Å²) >= 11 is 0. The summed E-state index contributed by atoms with van der Waals surface area (Å²) in [6.45, 7) is 10.6. The Hall–Kier alpha value is -1.71. The summed E-state index contributed by atoms with van der Waals surface area (Å²) in [6, 6.07) is 0. The number of nitrogens with zero attached hydrogens (tertiary/aromatic N) is 1. The van der Waals surface area contributed by atoms with Gasteiger partial charge in [0, 0.05) is 19.5 Å². The van der Waals surface area contributed by atoms with Crippen molar-refractivity contribution in [2.24, 2.45) is 17.6 Å². The molecule has 0 aromatic carbocycles. The maximum absolute atomic E-state index is 11.8. The second-order valence-electron chi connectivity index (χ2n) is 6.07. The molecule has 25 heavy (non-hydrogen) atoms. The molecule has 0 saturated heterocycles. The lowest BCUT2D eigenvalue weighted by molar-refractivity contribution is -0.165. The molecule has 9 nitrogen and oxygen atoms in total. The zero-order valence-corrected chi connectivity index (χ0v) is 15.4. The van der Waals surface area contributed by atoms with Crippen molar-refractivity contribution in [3.8, 4) is 0 Å². The minimum atomic E-state index is -2.27. The standard InChI is InChI=1S/C12H26N2O.C4H6O6/c1-5-14(6-2)12(15)8-11(9-13)7-10(3)4;5-1(3(7)8)2(6)4(9)10/h10-11H,5-9,13H2,1-4H3;1-2,5-6H,(H,7,8)(H,9,10)/t11-;/m0./s1. The SMILES string of the molecule is CCN(CC)C(=O)C[C@@H](CN)CC(C)C.O=C(O)C(O)C(O)C(=O)O. The molecule has 0 aliphatic rings. The minimum Gasteiger partial charge on any atom is -0.479 e. The first-order chi connectivity index (χ1) is 11.5. The summed E-state index contributed by atoms with van der Waals surface area (Å²) in [7, 11) is 0. The van der Waals surface area contributed by atoms with Gasteiger partial charge in [0.2, 0.25) is 5.91 Å². The molecule has 0 saturated carbocycles. The summed E-state index contributed by atoms with van der Waals surface area (Å²) in [5.41, 5.74) is 5.68. The second-order valence-corrected chi connectivity index (χ2v) is 6.07. The Labute approximate surface area is 148 Å². The van der Waals surface area contributed by atoms with E-state index in [0.717, 1.165) is 19.5 Å². The molecule has 0 radical (unpaired) electrons. The maximum atomic E-state index is 11.8. The highest BCUT2D eigenvalue weighted by Crippen LogP contribution is 2.15. The first-order valence-electron chi connectivity index (χ1n) is 8.31. The minimum absolute atomic E-state index is 0.246. The van der Waals surface area contributed by atoms with Crippen LogP contribution < -0.4 is 5.73 Å². The molecule has 0 heterocycles. The van der Waals surface area contributed by atoms with Gasteiger partial charge in [-0.1, -0.05) is 13.8 Å². The van der Waals surface area contributed by atoms with Crippen LogP contribution in [0.1, 0.15) is 40.5 Å². The normalized spacial score (nSPS) is 14.1. The summed E-state index contributed by atoms with van der Waals surface area (Å²) < 4.78 is 0. The fraction of sp³-hybridized carbons (Fsp3) is 0.812. The predicted molar refractivity (Wildman–Crippen MR) is 91.8 cm³/mol. The molecule has 0 aromatic heterocycles. The molecule has 0 aromatic rings. The number of aliphatic hydroxyl groups is 2. The first-order valence-corrected chi connectivity index (χ1v) is 8.31. The lowest BCUT2D eigenvalue weighted by Gasteiger charge is -2.22. The van der Waals surface area contributed by atoms with Crippen LogP contribution in [-0.2, 0) is 14.4 Å². The van der Waals surface area contributed by atoms with Gasteiger partial charge < -0.3 is 31.1 Å². The molecule has 9 heteroatoms. The number of hydrogen-bond donors (Lipinski definition) is 5. The highest BCUT2D eigenvalue weighted by molar-refractivity contribution is 5.83. The maximum Gasteiger partial charge on any atom is 0.335 e. The summed E-state index contributed by atoms with van der Waals surface area (Å²) in [6.07, 6.45) is -2.88. The summed E-state index contributed by atoms with van der Waals surface area (Å²) in [4.78, 5) is 33.2. The van der Waals surface area contributed by atoms with Gasteiger partial charge >= 0.3 is 11.9 Å². The molecule has 0 rings (SSSR count). The van der Waals surface area contributed by atoms with Gasteiger partial charge in [-0.3, -0.25) is 4.79 Å². The quantitative estimate of drug-likeness (QED) is 0.354. The van der Waals surface area contributed by atoms with Gasteiger partial charge in [-0.05, 0) is 38.6 Å². The van der Waals surface area contributed by atoms with E-state index in [2.05, 4.69) is 13.8 Å². The van der Waals surface area contributed by atoms with Crippen LogP contribution in [0.3, 0.4) is 0 Å². The van der Waals surface area contributed by atoms with Gasteiger partial charge in [-0.2, -0.15) is 0 Å². The van der Waals surface area contributed by atoms with Crippen molar-refractivity contribution in [3.05, 3.63) is 0 Å². The van der Waals surface area contributed by atoms with Crippen molar-refractivity contribution in [3.63, 3.8) is 0 Å². The summed E-state index contributed by atoms with van der Waals surface area (Å²) in [5, 5.41) is 32.5. The topological polar surface area (TPSA) is 161 Å². The number of amides is 1. The molecule has 1 amide bonds. The van der Waals surface area contributed by atoms with Gasteiger partial charge in [0.25, 0.3) is 0 Å². The van der Waals surface area contributed by atoms with E-state index >= 15 is 0 Å². The average Bonchev–Trinajstić information content (AvgIpc) is 2.53. The Bertz CT molecular complexity index is 393. The van der Waals surface area contributed by atoms with Crippen molar-refractivity contribution in [2.75, 3.05) is 19.6 Å². The zero-order valence-electron chi connectivity index (χ0n) is 15.4. The number of nitrogens with two attached hydrogens (primary N) is 1. The molecule has 0 aliphatic heterocycles. The number of aliphatic carboxylic acids is 2. The largest absolute Gasteiger partial charge is 0.479 e. The predicted octanol–water partition coefficient (Wildman–Crippen LogP) is -0.257. The lowest BCUT2D eigenvalue weighted by Crippen LogP contribution is -2.39. The van der Waals surface area contributed by atoms with Crippen LogP contribution in [0.5, 0.6) is 0 Å². The third kappa shape index (κ3) is 11.5. The number of carbonyl (C=O) groups is 3.